The highest BCUT2D eigenvalue weighted by Gasteiger charge is 2.33. The monoisotopic (exact) mass is 471 g/mol. The van der Waals surface area contributed by atoms with Crippen molar-refractivity contribution in [3.05, 3.63) is 77.7 Å². The van der Waals surface area contributed by atoms with E-state index in [0.717, 1.165) is 26.3 Å². The Hall–Kier alpha value is -2.42. The van der Waals surface area contributed by atoms with Crippen LogP contribution in [-0.4, -0.2) is 20.3 Å². The van der Waals surface area contributed by atoms with E-state index >= 15 is 0 Å². The zero-order chi connectivity index (χ0) is 20.3. The van der Waals surface area contributed by atoms with Crippen molar-refractivity contribution in [3.63, 3.8) is 0 Å². The highest BCUT2D eigenvalue weighted by atomic mass is 79.9. The van der Waals surface area contributed by atoms with Crippen molar-refractivity contribution in [3.8, 4) is 11.3 Å². The second-order valence-electron chi connectivity index (χ2n) is 7.09. The molecule has 4 aromatic rings. The van der Waals surface area contributed by atoms with E-state index < -0.39 is 0 Å². The average Bonchev–Trinajstić information content (AvgIpc) is 3.37. The van der Waals surface area contributed by atoms with Gasteiger partial charge in [-0.05, 0) is 29.1 Å². The van der Waals surface area contributed by atoms with Crippen molar-refractivity contribution in [1.29, 1.82) is 0 Å². The molecule has 1 aromatic carbocycles. The maximum atomic E-state index is 13.3. The molecular formula is C21H18BrN3O3S. The SMILES string of the molecule is Cn1c(=O)c2c(-c3ccc(Br)cc3)n3c(c2n(C)c1=O)[C@H](c1cccs1)OCC3. The summed E-state index contributed by atoms with van der Waals surface area (Å²) in [6, 6.07) is 11.9. The largest absolute Gasteiger partial charge is 0.364 e. The second-order valence-corrected chi connectivity index (χ2v) is 8.98. The third kappa shape index (κ3) is 2.70. The molecule has 29 heavy (non-hydrogen) atoms. The van der Waals surface area contributed by atoms with E-state index in [4.69, 9.17) is 4.74 Å². The fourth-order valence-corrected chi connectivity index (χ4v) is 5.18. The van der Waals surface area contributed by atoms with E-state index in [-0.39, 0.29) is 17.4 Å². The zero-order valence-corrected chi connectivity index (χ0v) is 18.3. The Morgan fingerprint density at radius 2 is 1.86 bits per heavy atom. The summed E-state index contributed by atoms with van der Waals surface area (Å²) in [5, 5.41) is 2.56. The molecule has 0 bridgehead atoms. The summed E-state index contributed by atoms with van der Waals surface area (Å²) in [5.41, 5.74) is 2.66. The number of ether oxygens (including phenoxy) is 1. The molecule has 1 atom stereocenters. The van der Waals surface area contributed by atoms with Crippen LogP contribution in [0.5, 0.6) is 0 Å². The molecule has 0 N–H and O–H groups in total. The minimum absolute atomic E-state index is 0.284. The summed E-state index contributed by atoms with van der Waals surface area (Å²) >= 11 is 5.09. The lowest BCUT2D eigenvalue weighted by molar-refractivity contribution is 0.0500. The van der Waals surface area contributed by atoms with Crippen LogP contribution in [0.4, 0.5) is 0 Å². The van der Waals surface area contributed by atoms with Gasteiger partial charge in [-0.3, -0.25) is 13.9 Å². The summed E-state index contributed by atoms with van der Waals surface area (Å²) in [6.07, 6.45) is -0.312. The number of halogens is 1. The Bertz CT molecular complexity index is 1350. The maximum absolute atomic E-state index is 13.3. The lowest BCUT2D eigenvalue weighted by Crippen LogP contribution is -2.37. The second kappa shape index (κ2) is 6.83. The molecule has 0 unspecified atom stereocenters. The number of aromatic nitrogens is 3. The molecule has 0 fully saturated rings. The van der Waals surface area contributed by atoms with Gasteiger partial charge in [-0.15, -0.1) is 11.3 Å². The van der Waals surface area contributed by atoms with Crippen molar-refractivity contribution in [2.24, 2.45) is 14.1 Å². The number of fused-ring (bicyclic) bond motifs is 3. The standard InChI is InChI=1S/C21H18BrN3O3S/c1-23-17-15(20(26)24(2)21(23)27)16(12-5-7-13(22)8-6-12)25-9-10-28-19(18(17)25)14-4-3-11-29-14/h3-8,11,19H,9-10H2,1-2H3/t19-/m0/s1. The number of aryl methyl sites for hydroxylation is 1. The first-order valence-electron chi connectivity index (χ1n) is 9.22. The van der Waals surface area contributed by atoms with Crippen molar-refractivity contribution in [2.75, 3.05) is 6.61 Å². The van der Waals surface area contributed by atoms with E-state index in [1.165, 1.54) is 11.6 Å². The van der Waals surface area contributed by atoms with Gasteiger partial charge in [0, 0.05) is 30.0 Å². The summed E-state index contributed by atoms with van der Waals surface area (Å²) in [7, 11) is 3.25. The predicted molar refractivity (Wildman–Crippen MR) is 118 cm³/mol. The molecule has 0 spiro atoms. The molecule has 5 rings (SSSR count). The minimum Gasteiger partial charge on any atom is -0.364 e. The van der Waals surface area contributed by atoms with Gasteiger partial charge in [0.15, 0.2) is 0 Å². The molecule has 0 saturated carbocycles. The fraction of sp³-hybridized carbons (Fsp3) is 0.238. The van der Waals surface area contributed by atoms with E-state index in [2.05, 4.69) is 20.5 Å². The van der Waals surface area contributed by atoms with Gasteiger partial charge >= 0.3 is 5.69 Å². The highest BCUT2D eigenvalue weighted by Crippen LogP contribution is 2.41. The van der Waals surface area contributed by atoms with Gasteiger partial charge in [0.1, 0.15) is 6.10 Å². The van der Waals surface area contributed by atoms with Crippen LogP contribution in [0.15, 0.2) is 55.8 Å². The number of nitrogens with zero attached hydrogens (tertiary/aromatic N) is 3. The Morgan fingerprint density at radius 3 is 2.55 bits per heavy atom. The molecule has 0 amide bonds. The van der Waals surface area contributed by atoms with Crippen LogP contribution in [0, 0.1) is 0 Å². The normalized spacial score (nSPS) is 16.3. The molecule has 1 aliphatic heterocycles. The molecule has 1 aliphatic rings. The lowest BCUT2D eigenvalue weighted by atomic mass is 10.1. The third-order valence-corrected chi connectivity index (χ3v) is 6.92. The maximum Gasteiger partial charge on any atom is 0.331 e. The fourth-order valence-electron chi connectivity index (χ4n) is 4.14. The minimum atomic E-state index is -0.339. The number of thiophene rings is 1. The summed E-state index contributed by atoms with van der Waals surface area (Å²) in [6.45, 7) is 1.16. The van der Waals surface area contributed by atoms with Gasteiger partial charge < -0.3 is 9.30 Å². The smallest absolute Gasteiger partial charge is 0.331 e. The van der Waals surface area contributed by atoms with E-state index in [0.29, 0.717) is 24.1 Å². The first kappa shape index (κ1) is 18.6. The van der Waals surface area contributed by atoms with E-state index in [1.54, 1.807) is 23.0 Å². The van der Waals surface area contributed by atoms with Gasteiger partial charge in [-0.2, -0.15) is 0 Å². The van der Waals surface area contributed by atoms with Crippen LogP contribution in [0.25, 0.3) is 22.2 Å². The Labute approximate surface area is 178 Å². The van der Waals surface area contributed by atoms with Crippen LogP contribution in [0.3, 0.4) is 0 Å². The predicted octanol–water partition coefficient (Wildman–Crippen LogP) is 3.65. The van der Waals surface area contributed by atoms with Gasteiger partial charge in [-0.25, -0.2) is 4.79 Å². The Morgan fingerprint density at radius 1 is 1.10 bits per heavy atom. The Balaban J connectivity index is 1.97. The first-order valence-corrected chi connectivity index (χ1v) is 10.9. The summed E-state index contributed by atoms with van der Waals surface area (Å²) in [4.78, 5) is 27.1. The summed E-state index contributed by atoms with van der Waals surface area (Å²) < 4.78 is 12.0. The molecule has 148 valence electrons. The number of hydrogen-bond acceptors (Lipinski definition) is 4. The third-order valence-electron chi connectivity index (χ3n) is 5.47. The zero-order valence-electron chi connectivity index (χ0n) is 15.9. The molecule has 3 aromatic heterocycles. The number of benzene rings is 1. The molecule has 0 aliphatic carbocycles. The number of rotatable bonds is 2. The molecule has 0 saturated heterocycles. The van der Waals surface area contributed by atoms with Crippen molar-refractivity contribution >= 4 is 38.2 Å². The Kier molecular flexibility index (Phi) is 4.38. The van der Waals surface area contributed by atoms with Gasteiger partial charge in [0.2, 0.25) is 0 Å². The molecule has 4 heterocycles. The molecular weight excluding hydrogens is 454 g/mol. The van der Waals surface area contributed by atoms with Crippen LogP contribution in [0.2, 0.25) is 0 Å². The molecule has 6 nitrogen and oxygen atoms in total. The van der Waals surface area contributed by atoms with E-state index in [9.17, 15) is 9.59 Å². The highest BCUT2D eigenvalue weighted by molar-refractivity contribution is 9.10. The topological polar surface area (TPSA) is 58.2 Å². The van der Waals surface area contributed by atoms with Gasteiger partial charge in [-0.1, -0.05) is 34.1 Å². The molecule has 0 radical (unpaired) electrons. The lowest BCUT2D eigenvalue weighted by Gasteiger charge is -2.26. The van der Waals surface area contributed by atoms with Gasteiger partial charge in [0.25, 0.3) is 5.56 Å². The van der Waals surface area contributed by atoms with E-state index in [1.807, 2.05) is 41.8 Å². The summed E-state index contributed by atoms with van der Waals surface area (Å²) in [5.74, 6) is 0. The molecule has 8 heteroatoms. The number of hydrogen-bond donors (Lipinski definition) is 0. The van der Waals surface area contributed by atoms with Crippen molar-refractivity contribution in [1.82, 2.24) is 13.7 Å². The first-order chi connectivity index (χ1) is 14.0. The van der Waals surface area contributed by atoms with Crippen LogP contribution >= 0.6 is 27.3 Å². The quantitative estimate of drug-likeness (QED) is 0.448. The van der Waals surface area contributed by atoms with Crippen molar-refractivity contribution < 1.29 is 4.74 Å². The average molecular weight is 472 g/mol. The van der Waals surface area contributed by atoms with Gasteiger partial charge in [0.05, 0.1) is 28.9 Å². The van der Waals surface area contributed by atoms with Crippen LogP contribution in [0.1, 0.15) is 16.7 Å². The van der Waals surface area contributed by atoms with Crippen LogP contribution < -0.4 is 11.2 Å². The van der Waals surface area contributed by atoms with Crippen LogP contribution in [-0.2, 0) is 25.4 Å². The van der Waals surface area contributed by atoms with Crippen molar-refractivity contribution in [2.45, 2.75) is 12.6 Å².